The number of hydrogen-bond acceptors (Lipinski definition) is 4. The summed E-state index contributed by atoms with van der Waals surface area (Å²) in [5.41, 5.74) is 1.29. The number of nitrogens with zero attached hydrogens (tertiary/aromatic N) is 3. The quantitative estimate of drug-likeness (QED) is 0.794. The molecular formula is C22H29N3O3. The summed E-state index contributed by atoms with van der Waals surface area (Å²) in [5, 5.41) is 0. The minimum Gasteiger partial charge on any atom is -0.497 e. The van der Waals surface area contributed by atoms with Crippen molar-refractivity contribution in [3.63, 3.8) is 0 Å². The molecule has 0 unspecified atom stereocenters. The van der Waals surface area contributed by atoms with Gasteiger partial charge in [0.15, 0.2) is 0 Å². The molecule has 28 heavy (non-hydrogen) atoms. The molecule has 5 heterocycles. The van der Waals surface area contributed by atoms with Gasteiger partial charge in [-0.1, -0.05) is 12.1 Å². The molecule has 1 aromatic rings. The van der Waals surface area contributed by atoms with E-state index in [2.05, 4.69) is 21.9 Å². The highest BCUT2D eigenvalue weighted by Crippen LogP contribution is 2.46. The monoisotopic (exact) mass is 383 g/mol. The maximum atomic E-state index is 13.2. The Hall–Kier alpha value is -2.08. The van der Waals surface area contributed by atoms with Crippen LogP contribution in [0.5, 0.6) is 5.75 Å². The third-order valence-electron chi connectivity index (χ3n) is 7.36. The van der Waals surface area contributed by atoms with Crippen LogP contribution in [-0.2, 0) is 9.59 Å². The zero-order chi connectivity index (χ0) is 19.3. The lowest BCUT2D eigenvalue weighted by atomic mass is 9.75. The van der Waals surface area contributed by atoms with Crippen LogP contribution >= 0.6 is 0 Å². The van der Waals surface area contributed by atoms with Crippen LogP contribution < -0.4 is 4.74 Å². The molecule has 6 nitrogen and oxygen atoms in total. The molecule has 0 N–H and O–H groups in total. The number of ether oxygens (including phenoxy) is 1. The van der Waals surface area contributed by atoms with Crippen molar-refractivity contribution in [3.8, 4) is 5.75 Å². The average Bonchev–Trinajstić information content (AvgIpc) is 3.34. The minimum atomic E-state index is 0.129. The van der Waals surface area contributed by atoms with Gasteiger partial charge >= 0.3 is 0 Å². The molecule has 0 spiro atoms. The molecule has 0 radical (unpaired) electrons. The van der Waals surface area contributed by atoms with Gasteiger partial charge in [0.05, 0.1) is 19.7 Å². The van der Waals surface area contributed by atoms with Crippen molar-refractivity contribution in [2.24, 2.45) is 5.92 Å². The van der Waals surface area contributed by atoms with E-state index in [1.807, 2.05) is 12.1 Å². The lowest BCUT2D eigenvalue weighted by Gasteiger charge is -2.51. The lowest BCUT2D eigenvalue weighted by molar-refractivity contribution is -0.141. The highest BCUT2D eigenvalue weighted by atomic mass is 16.5. The van der Waals surface area contributed by atoms with Gasteiger partial charge < -0.3 is 14.5 Å². The number of methoxy groups -OCH3 is 1. The number of amides is 2. The first-order chi connectivity index (χ1) is 13.7. The Kier molecular flexibility index (Phi) is 4.54. The average molecular weight is 383 g/mol. The number of likely N-dealkylation sites (tertiary alicyclic amines) is 2. The predicted molar refractivity (Wildman–Crippen MR) is 105 cm³/mol. The second-order valence-electron chi connectivity index (χ2n) is 8.70. The summed E-state index contributed by atoms with van der Waals surface area (Å²) < 4.78 is 5.32. The van der Waals surface area contributed by atoms with Crippen LogP contribution in [0.15, 0.2) is 24.3 Å². The second-order valence-corrected chi connectivity index (χ2v) is 8.70. The fraction of sp³-hybridized carbons (Fsp3) is 0.636. The molecule has 5 aliphatic heterocycles. The van der Waals surface area contributed by atoms with E-state index in [0.717, 1.165) is 38.3 Å². The van der Waals surface area contributed by atoms with Crippen LogP contribution in [0.25, 0.3) is 0 Å². The standard InChI is InChI=1S/C22H29N3O3/c1-28-17-6-4-15(5-7-17)18-13-25(20(27)14-24-10-2-3-19(24)26)21-16-8-11-23(12-9-16)22(18)21/h4-7,16,18,21-22H,2-3,8-14H2,1H3/t18-,21+,22+/m0/s1. The maximum absolute atomic E-state index is 13.2. The first kappa shape index (κ1) is 18.0. The van der Waals surface area contributed by atoms with Crippen molar-refractivity contribution in [3.05, 3.63) is 29.8 Å². The summed E-state index contributed by atoms with van der Waals surface area (Å²) in [6.07, 6.45) is 3.83. The van der Waals surface area contributed by atoms with Gasteiger partial charge in [0.25, 0.3) is 0 Å². The minimum absolute atomic E-state index is 0.129. The number of piperidine rings is 3. The van der Waals surface area contributed by atoms with Gasteiger partial charge in [-0.15, -0.1) is 0 Å². The fourth-order valence-corrected chi connectivity index (χ4v) is 5.97. The summed E-state index contributed by atoms with van der Waals surface area (Å²) in [6, 6.07) is 9.05. The Morgan fingerprint density at radius 3 is 2.50 bits per heavy atom. The summed E-state index contributed by atoms with van der Waals surface area (Å²) in [6.45, 7) is 4.03. The number of rotatable bonds is 4. The molecule has 3 atom stereocenters. The first-order valence-corrected chi connectivity index (χ1v) is 10.6. The van der Waals surface area contributed by atoms with Crippen LogP contribution in [0.2, 0.25) is 0 Å². The predicted octanol–water partition coefficient (Wildman–Crippen LogP) is 1.71. The Morgan fingerprint density at radius 2 is 1.86 bits per heavy atom. The van der Waals surface area contributed by atoms with Gasteiger partial charge in [-0.2, -0.15) is 0 Å². The van der Waals surface area contributed by atoms with Gasteiger partial charge in [-0.05, 0) is 56.0 Å². The normalized spacial score (nSPS) is 34.0. The molecule has 2 amide bonds. The molecule has 0 aromatic heterocycles. The zero-order valence-electron chi connectivity index (χ0n) is 16.5. The Bertz CT molecular complexity index is 757. The molecule has 0 saturated carbocycles. The number of benzene rings is 1. The number of carbonyl (C=O) groups is 2. The molecule has 5 fully saturated rings. The number of carbonyl (C=O) groups excluding carboxylic acids is 2. The van der Waals surface area contributed by atoms with Crippen molar-refractivity contribution in [1.29, 1.82) is 0 Å². The Labute approximate surface area is 166 Å². The van der Waals surface area contributed by atoms with Crippen LogP contribution in [0.3, 0.4) is 0 Å². The van der Waals surface area contributed by atoms with E-state index in [0.29, 0.717) is 30.3 Å². The topological polar surface area (TPSA) is 53.1 Å². The Morgan fingerprint density at radius 1 is 1.11 bits per heavy atom. The van der Waals surface area contributed by atoms with Gasteiger partial charge in [-0.25, -0.2) is 0 Å². The SMILES string of the molecule is COc1ccc([C@@H]2CN(C(=O)CN3CCCC3=O)[C@@H]3C4CCN(CC4)[C@@H]32)cc1. The van der Waals surface area contributed by atoms with Crippen LogP contribution in [-0.4, -0.2) is 78.4 Å². The van der Waals surface area contributed by atoms with E-state index >= 15 is 0 Å². The van der Waals surface area contributed by atoms with Crippen molar-refractivity contribution in [2.75, 3.05) is 39.8 Å². The highest BCUT2D eigenvalue weighted by molar-refractivity contribution is 5.86. The molecular weight excluding hydrogens is 354 g/mol. The molecule has 150 valence electrons. The third kappa shape index (κ3) is 2.89. The van der Waals surface area contributed by atoms with Gasteiger partial charge in [0.2, 0.25) is 11.8 Å². The van der Waals surface area contributed by atoms with E-state index in [4.69, 9.17) is 4.74 Å². The van der Waals surface area contributed by atoms with Crippen molar-refractivity contribution < 1.29 is 14.3 Å². The second kappa shape index (κ2) is 7.07. The van der Waals surface area contributed by atoms with Gasteiger partial charge in [0, 0.05) is 31.5 Å². The van der Waals surface area contributed by atoms with E-state index < -0.39 is 0 Å². The Balaban J connectivity index is 1.41. The van der Waals surface area contributed by atoms with Crippen LogP contribution in [0.4, 0.5) is 0 Å². The molecule has 5 aliphatic rings. The molecule has 6 heteroatoms. The summed E-state index contributed by atoms with van der Waals surface area (Å²) in [7, 11) is 1.69. The van der Waals surface area contributed by atoms with Crippen molar-refractivity contribution >= 4 is 11.8 Å². The molecule has 6 rings (SSSR count). The van der Waals surface area contributed by atoms with E-state index in [9.17, 15) is 9.59 Å². The zero-order valence-corrected chi connectivity index (χ0v) is 16.5. The summed E-state index contributed by atoms with van der Waals surface area (Å²) >= 11 is 0. The van der Waals surface area contributed by atoms with Crippen LogP contribution in [0.1, 0.15) is 37.2 Å². The smallest absolute Gasteiger partial charge is 0.242 e. The largest absolute Gasteiger partial charge is 0.497 e. The lowest BCUT2D eigenvalue weighted by Crippen LogP contribution is -2.61. The fourth-order valence-electron chi connectivity index (χ4n) is 5.97. The van der Waals surface area contributed by atoms with Crippen molar-refractivity contribution in [2.45, 2.75) is 43.7 Å². The third-order valence-corrected chi connectivity index (χ3v) is 7.36. The molecule has 2 bridgehead atoms. The molecule has 1 aromatic carbocycles. The van der Waals surface area contributed by atoms with Gasteiger partial charge in [-0.3, -0.25) is 14.5 Å². The highest BCUT2D eigenvalue weighted by Gasteiger charge is 2.54. The van der Waals surface area contributed by atoms with Crippen molar-refractivity contribution in [1.82, 2.24) is 14.7 Å². The van der Waals surface area contributed by atoms with E-state index in [-0.39, 0.29) is 18.4 Å². The number of fused-ring (bicyclic) bond motifs is 2. The number of hydrogen-bond donors (Lipinski definition) is 0. The molecule has 0 aliphatic carbocycles. The summed E-state index contributed by atoms with van der Waals surface area (Å²) in [4.78, 5) is 31.7. The summed E-state index contributed by atoms with van der Waals surface area (Å²) in [5.74, 6) is 2.05. The molecule has 5 saturated heterocycles. The maximum Gasteiger partial charge on any atom is 0.242 e. The van der Waals surface area contributed by atoms with Gasteiger partial charge in [0.1, 0.15) is 5.75 Å². The van der Waals surface area contributed by atoms with E-state index in [1.54, 1.807) is 12.0 Å². The first-order valence-electron chi connectivity index (χ1n) is 10.6. The van der Waals surface area contributed by atoms with Crippen LogP contribution in [0, 0.1) is 5.92 Å². The van der Waals surface area contributed by atoms with E-state index in [1.165, 1.54) is 18.4 Å².